The molecule has 8 heteroatoms. The highest BCUT2D eigenvalue weighted by molar-refractivity contribution is 5.53. The van der Waals surface area contributed by atoms with Crippen LogP contribution >= 0.6 is 0 Å². The Morgan fingerprint density at radius 2 is 2.14 bits per heavy atom. The average molecular weight is 286 g/mol. The number of nitrogens with one attached hydrogen (secondary N) is 1. The molecule has 0 amide bonds. The first-order valence-electron chi connectivity index (χ1n) is 6.84. The van der Waals surface area contributed by atoms with Crippen molar-refractivity contribution in [1.29, 1.82) is 0 Å². The standard InChI is InChI=1S/C13H18N8/c1-9-6-10(2)21(19-9)5-3-4-15-11-7-12-18-16-8-20(12)13(14)17-11/h6-8,15H,3-5H2,1-2H3,(H2,14,17). The Balaban J connectivity index is 1.58. The van der Waals surface area contributed by atoms with Crippen LogP contribution in [0.15, 0.2) is 18.5 Å². The molecule has 3 N–H and O–H groups in total. The SMILES string of the molecule is Cc1cc(C)n(CCCNc2cc3nncn3c(N)n2)n1. The molecule has 0 atom stereocenters. The summed E-state index contributed by atoms with van der Waals surface area (Å²) in [6, 6.07) is 3.90. The third-order valence-corrected chi connectivity index (χ3v) is 3.28. The van der Waals surface area contributed by atoms with Crippen molar-refractivity contribution in [2.45, 2.75) is 26.8 Å². The van der Waals surface area contributed by atoms with Gasteiger partial charge in [0, 0.05) is 24.8 Å². The predicted octanol–water partition coefficient (Wildman–Crippen LogP) is 1.02. The first kappa shape index (κ1) is 13.3. The van der Waals surface area contributed by atoms with Crippen LogP contribution in [-0.2, 0) is 6.54 Å². The Labute approximate surface area is 122 Å². The lowest BCUT2D eigenvalue weighted by Crippen LogP contribution is -2.11. The molecule has 3 heterocycles. The third-order valence-electron chi connectivity index (χ3n) is 3.28. The summed E-state index contributed by atoms with van der Waals surface area (Å²) in [6.45, 7) is 5.72. The van der Waals surface area contributed by atoms with Crippen LogP contribution in [0.2, 0.25) is 0 Å². The van der Waals surface area contributed by atoms with Gasteiger partial charge >= 0.3 is 0 Å². The number of hydrogen-bond donors (Lipinski definition) is 2. The van der Waals surface area contributed by atoms with Gasteiger partial charge in [0.2, 0.25) is 5.95 Å². The predicted molar refractivity (Wildman–Crippen MR) is 80.0 cm³/mol. The number of aromatic nitrogens is 6. The second-order valence-electron chi connectivity index (χ2n) is 4.99. The number of nitrogens with two attached hydrogens (primary N) is 1. The first-order chi connectivity index (χ1) is 10.1. The van der Waals surface area contributed by atoms with Gasteiger partial charge in [-0.15, -0.1) is 10.2 Å². The van der Waals surface area contributed by atoms with E-state index in [1.54, 1.807) is 10.7 Å². The van der Waals surface area contributed by atoms with E-state index in [2.05, 4.69) is 38.6 Å². The van der Waals surface area contributed by atoms with Crippen molar-refractivity contribution in [2.24, 2.45) is 0 Å². The lowest BCUT2D eigenvalue weighted by molar-refractivity contribution is 0.573. The molecule has 3 aromatic heterocycles. The van der Waals surface area contributed by atoms with E-state index in [9.17, 15) is 0 Å². The largest absolute Gasteiger partial charge is 0.370 e. The Hall–Kier alpha value is -2.64. The van der Waals surface area contributed by atoms with E-state index in [1.165, 1.54) is 5.69 Å². The molecule has 0 unspecified atom stereocenters. The fraction of sp³-hybridized carbons (Fsp3) is 0.385. The fourth-order valence-corrected chi connectivity index (χ4v) is 2.29. The zero-order chi connectivity index (χ0) is 14.8. The Bertz CT molecular complexity index is 757. The molecule has 110 valence electrons. The smallest absolute Gasteiger partial charge is 0.209 e. The maximum absolute atomic E-state index is 5.84. The molecule has 0 aliphatic rings. The monoisotopic (exact) mass is 286 g/mol. The van der Waals surface area contributed by atoms with Gasteiger partial charge in [-0.1, -0.05) is 0 Å². The second kappa shape index (κ2) is 5.39. The number of aryl methyl sites for hydroxylation is 3. The highest BCUT2D eigenvalue weighted by Crippen LogP contribution is 2.11. The number of fused-ring (bicyclic) bond motifs is 1. The number of nitrogens with zero attached hydrogens (tertiary/aromatic N) is 6. The number of rotatable bonds is 5. The van der Waals surface area contributed by atoms with Crippen LogP contribution in [0.25, 0.3) is 5.65 Å². The molecule has 0 fully saturated rings. The summed E-state index contributed by atoms with van der Waals surface area (Å²) < 4.78 is 3.65. The van der Waals surface area contributed by atoms with Gasteiger partial charge in [-0.25, -0.2) is 0 Å². The van der Waals surface area contributed by atoms with E-state index < -0.39 is 0 Å². The second-order valence-corrected chi connectivity index (χ2v) is 4.99. The number of nitrogen functional groups attached to an aromatic ring is 1. The highest BCUT2D eigenvalue weighted by atomic mass is 15.3. The summed E-state index contributed by atoms with van der Waals surface area (Å²) in [4.78, 5) is 4.27. The van der Waals surface area contributed by atoms with Gasteiger partial charge in [0.15, 0.2) is 5.65 Å². The Kier molecular flexibility index (Phi) is 3.43. The maximum atomic E-state index is 5.84. The Morgan fingerprint density at radius 1 is 1.29 bits per heavy atom. The highest BCUT2D eigenvalue weighted by Gasteiger charge is 2.04. The van der Waals surface area contributed by atoms with Gasteiger partial charge in [-0.05, 0) is 26.3 Å². The lowest BCUT2D eigenvalue weighted by atomic mass is 10.4. The molecule has 0 aromatic carbocycles. The van der Waals surface area contributed by atoms with Crippen molar-refractivity contribution in [3.05, 3.63) is 29.8 Å². The minimum atomic E-state index is 0.374. The van der Waals surface area contributed by atoms with Crippen LogP contribution in [0.4, 0.5) is 11.8 Å². The molecule has 0 saturated heterocycles. The summed E-state index contributed by atoms with van der Waals surface area (Å²) in [7, 11) is 0. The normalized spacial score (nSPS) is 11.1. The van der Waals surface area contributed by atoms with E-state index >= 15 is 0 Å². The molecule has 0 bridgehead atoms. The van der Waals surface area contributed by atoms with Crippen LogP contribution in [-0.4, -0.2) is 35.9 Å². The summed E-state index contributed by atoms with van der Waals surface area (Å²) in [5, 5.41) is 15.5. The molecule has 21 heavy (non-hydrogen) atoms. The summed E-state index contributed by atoms with van der Waals surface area (Å²) in [5.41, 5.74) is 8.75. The third kappa shape index (κ3) is 2.78. The van der Waals surface area contributed by atoms with Crippen LogP contribution in [0.5, 0.6) is 0 Å². The molecule has 8 nitrogen and oxygen atoms in total. The van der Waals surface area contributed by atoms with Crippen LogP contribution < -0.4 is 11.1 Å². The minimum absolute atomic E-state index is 0.374. The van der Waals surface area contributed by atoms with E-state index in [1.807, 2.05) is 17.7 Å². The zero-order valence-electron chi connectivity index (χ0n) is 12.1. The van der Waals surface area contributed by atoms with Gasteiger partial charge in [-0.2, -0.15) is 10.1 Å². The summed E-state index contributed by atoms with van der Waals surface area (Å²) >= 11 is 0. The maximum Gasteiger partial charge on any atom is 0.209 e. The number of hydrogen-bond acceptors (Lipinski definition) is 6. The van der Waals surface area contributed by atoms with Crippen molar-refractivity contribution >= 4 is 17.4 Å². The van der Waals surface area contributed by atoms with Crippen molar-refractivity contribution in [3.63, 3.8) is 0 Å². The lowest BCUT2D eigenvalue weighted by Gasteiger charge is -2.08. The summed E-state index contributed by atoms with van der Waals surface area (Å²) in [5.74, 6) is 1.08. The average Bonchev–Trinajstić information content (AvgIpc) is 3.02. The molecule has 3 aromatic rings. The van der Waals surface area contributed by atoms with Crippen LogP contribution in [0.1, 0.15) is 17.8 Å². The van der Waals surface area contributed by atoms with Gasteiger partial charge < -0.3 is 11.1 Å². The van der Waals surface area contributed by atoms with E-state index in [-0.39, 0.29) is 0 Å². The van der Waals surface area contributed by atoms with Crippen LogP contribution in [0.3, 0.4) is 0 Å². The molecule has 0 aliphatic carbocycles. The van der Waals surface area contributed by atoms with Gasteiger partial charge in [0.05, 0.1) is 5.69 Å². The van der Waals surface area contributed by atoms with Gasteiger partial charge in [0.1, 0.15) is 12.1 Å². The molecule has 0 aliphatic heterocycles. The van der Waals surface area contributed by atoms with Gasteiger partial charge in [0.25, 0.3) is 0 Å². The summed E-state index contributed by atoms with van der Waals surface area (Å²) in [6.07, 6.45) is 2.49. The molecular weight excluding hydrogens is 268 g/mol. The van der Waals surface area contributed by atoms with Crippen LogP contribution in [0, 0.1) is 13.8 Å². The first-order valence-corrected chi connectivity index (χ1v) is 6.84. The van der Waals surface area contributed by atoms with E-state index in [4.69, 9.17) is 5.73 Å². The molecule has 3 rings (SSSR count). The van der Waals surface area contributed by atoms with E-state index in [0.717, 1.165) is 25.2 Å². The van der Waals surface area contributed by atoms with Gasteiger partial charge in [-0.3, -0.25) is 9.08 Å². The fourth-order valence-electron chi connectivity index (χ4n) is 2.29. The molecule has 0 radical (unpaired) electrons. The van der Waals surface area contributed by atoms with Crippen molar-refractivity contribution in [3.8, 4) is 0 Å². The quantitative estimate of drug-likeness (QED) is 0.679. The van der Waals surface area contributed by atoms with E-state index in [0.29, 0.717) is 17.4 Å². The Morgan fingerprint density at radius 3 is 2.90 bits per heavy atom. The number of anilines is 2. The van der Waals surface area contributed by atoms with Crippen molar-refractivity contribution in [2.75, 3.05) is 17.6 Å². The van der Waals surface area contributed by atoms with Crippen molar-refractivity contribution in [1.82, 2.24) is 29.4 Å². The van der Waals surface area contributed by atoms with Crippen molar-refractivity contribution < 1.29 is 0 Å². The molecular formula is C13H18N8. The molecule has 0 spiro atoms. The topological polar surface area (TPSA) is 99.0 Å². The zero-order valence-corrected chi connectivity index (χ0v) is 12.1. The molecule has 0 saturated carbocycles. The minimum Gasteiger partial charge on any atom is -0.370 e.